The van der Waals surface area contributed by atoms with Crippen LogP contribution in [0.3, 0.4) is 0 Å². The highest BCUT2D eigenvalue weighted by Crippen LogP contribution is 2.40. The minimum atomic E-state index is 0.0840. The molecule has 0 aliphatic carbocycles. The Morgan fingerprint density at radius 2 is 0.774 bits per heavy atom. The van der Waals surface area contributed by atoms with Crippen LogP contribution in [0.1, 0.15) is 44.5 Å². The van der Waals surface area contributed by atoms with Gasteiger partial charge < -0.3 is 4.90 Å². The van der Waals surface area contributed by atoms with Crippen molar-refractivity contribution in [2.24, 2.45) is 0 Å². The molecule has 0 N–H and O–H groups in total. The molecule has 0 saturated heterocycles. The number of aryl methyl sites for hydroxylation is 8. The van der Waals surface area contributed by atoms with Gasteiger partial charge in [0.2, 0.25) is 13.4 Å². The predicted octanol–water partition coefficient (Wildman–Crippen LogP) is 8.62. The zero-order chi connectivity index (χ0) is 36.7. The third-order valence-corrected chi connectivity index (χ3v) is 11.8. The van der Waals surface area contributed by atoms with Gasteiger partial charge in [0.1, 0.15) is 0 Å². The van der Waals surface area contributed by atoms with Crippen LogP contribution in [-0.4, -0.2) is 13.4 Å². The van der Waals surface area contributed by atoms with E-state index in [1.807, 2.05) is 0 Å². The largest absolute Gasteiger partial charge is 0.313 e. The Morgan fingerprint density at radius 1 is 0.340 bits per heavy atom. The van der Waals surface area contributed by atoms with E-state index < -0.39 is 0 Å². The molecule has 0 bridgehead atoms. The second-order valence-electron chi connectivity index (χ2n) is 15.9. The maximum Gasteiger partial charge on any atom is 0.247 e. The lowest BCUT2D eigenvalue weighted by molar-refractivity contribution is 1.27. The number of anilines is 3. The zero-order valence-electron chi connectivity index (χ0n) is 32.2. The number of hydrogen-bond donors (Lipinski definition) is 0. The lowest BCUT2D eigenvalue weighted by Crippen LogP contribution is -2.66. The molecule has 0 saturated carbocycles. The molecule has 2 aliphatic rings. The molecule has 0 aromatic heterocycles. The standard InChI is InChI=1S/C50H45B2N/c1-30-17-19-42-46(25-30)53-47-26-31(2)18-20-43(47)52(49-36(7)23-33(4)24-37(49)8)45-29-41(40-16-12-15-39(27-40)38-13-10-9-11-14-38)28-44(50(45)53)51(42)48-34(5)21-32(3)22-35(48)6/h9-29H,1-8H3. The van der Waals surface area contributed by atoms with E-state index in [4.69, 9.17) is 0 Å². The molecule has 0 atom stereocenters. The lowest BCUT2D eigenvalue weighted by Gasteiger charge is -2.45. The molecule has 256 valence electrons. The summed E-state index contributed by atoms with van der Waals surface area (Å²) in [6.07, 6.45) is 0. The lowest BCUT2D eigenvalue weighted by atomic mass is 9.29. The Labute approximate surface area is 316 Å². The Morgan fingerprint density at radius 3 is 1.25 bits per heavy atom. The first-order chi connectivity index (χ1) is 25.6. The van der Waals surface area contributed by atoms with E-state index >= 15 is 0 Å². The average molecular weight is 682 g/mol. The van der Waals surface area contributed by atoms with E-state index in [1.54, 1.807) is 0 Å². The van der Waals surface area contributed by atoms with E-state index in [1.165, 1.54) is 117 Å². The van der Waals surface area contributed by atoms with Gasteiger partial charge in [0.15, 0.2) is 0 Å². The number of fused-ring (bicyclic) bond motifs is 4. The van der Waals surface area contributed by atoms with Crippen molar-refractivity contribution in [1.29, 1.82) is 0 Å². The first-order valence-electron chi connectivity index (χ1n) is 19.1. The van der Waals surface area contributed by atoms with Gasteiger partial charge in [-0.25, -0.2) is 0 Å². The van der Waals surface area contributed by atoms with Crippen LogP contribution in [0.25, 0.3) is 22.3 Å². The van der Waals surface area contributed by atoms with E-state index in [2.05, 4.69) is 188 Å². The highest BCUT2D eigenvalue weighted by atomic mass is 15.2. The maximum absolute atomic E-state index is 2.63. The Balaban J connectivity index is 1.43. The van der Waals surface area contributed by atoms with Crippen molar-refractivity contribution < 1.29 is 0 Å². The van der Waals surface area contributed by atoms with Crippen LogP contribution < -0.4 is 37.7 Å². The zero-order valence-corrected chi connectivity index (χ0v) is 32.2. The third kappa shape index (κ3) is 5.40. The van der Waals surface area contributed by atoms with Gasteiger partial charge in [-0.15, -0.1) is 0 Å². The highest BCUT2D eigenvalue weighted by molar-refractivity contribution is 7.02. The van der Waals surface area contributed by atoms with Gasteiger partial charge >= 0.3 is 0 Å². The maximum atomic E-state index is 2.63. The van der Waals surface area contributed by atoms with Crippen molar-refractivity contribution in [1.82, 2.24) is 0 Å². The summed E-state index contributed by atoms with van der Waals surface area (Å²) >= 11 is 0. The summed E-state index contributed by atoms with van der Waals surface area (Å²) < 4.78 is 0. The summed E-state index contributed by atoms with van der Waals surface area (Å²) in [6.45, 7) is 18.3. The molecular weight excluding hydrogens is 636 g/mol. The van der Waals surface area contributed by atoms with Gasteiger partial charge in [-0.3, -0.25) is 0 Å². The van der Waals surface area contributed by atoms with Crippen LogP contribution in [0.5, 0.6) is 0 Å². The van der Waals surface area contributed by atoms with Crippen LogP contribution in [-0.2, 0) is 0 Å². The number of benzene rings is 7. The first-order valence-corrected chi connectivity index (χ1v) is 19.1. The molecule has 2 aliphatic heterocycles. The quantitative estimate of drug-likeness (QED) is 0.168. The number of rotatable bonds is 4. The molecular formula is C50H45B2N. The van der Waals surface area contributed by atoms with E-state index in [9.17, 15) is 0 Å². The monoisotopic (exact) mass is 681 g/mol. The van der Waals surface area contributed by atoms with Crippen molar-refractivity contribution in [3.05, 3.63) is 172 Å². The molecule has 1 nitrogen and oxygen atoms in total. The Bertz CT molecular complexity index is 2430. The molecule has 7 aromatic rings. The minimum Gasteiger partial charge on any atom is -0.313 e. The molecule has 0 fully saturated rings. The fourth-order valence-electron chi connectivity index (χ4n) is 9.86. The van der Waals surface area contributed by atoms with Gasteiger partial charge in [0.25, 0.3) is 0 Å². The normalized spacial score (nSPS) is 12.8. The highest BCUT2D eigenvalue weighted by Gasteiger charge is 2.45. The Hall–Kier alpha value is -5.53. The summed E-state index contributed by atoms with van der Waals surface area (Å²) in [5.41, 5.74) is 27.9. The first kappa shape index (κ1) is 33.3. The van der Waals surface area contributed by atoms with Crippen LogP contribution in [0, 0.1) is 55.4 Å². The molecule has 2 heterocycles. The summed E-state index contributed by atoms with van der Waals surface area (Å²) in [7, 11) is 0. The van der Waals surface area contributed by atoms with Crippen LogP contribution >= 0.6 is 0 Å². The van der Waals surface area contributed by atoms with Gasteiger partial charge in [-0.2, -0.15) is 0 Å². The molecule has 0 amide bonds. The second-order valence-corrected chi connectivity index (χ2v) is 15.9. The van der Waals surface area contributed by atoms with Crippen LogP contribution in [0.2, 0.25) is 0 Å². The number of hydrogen-bond acceptors (Lipinski definition) is 1. The van der Waals surface area contributed by atoms with Gasteiger partial charge in [-0.1, -0.05) is 154 Å². The molecule has 7 aromatic carbocycles. The van der Waals surface area contributed by atoms with E-state index in [0.29, 0.717) is 0 Å². The van der Waals surface area contributed by atoms with Crippen molar-refractivity contribution in [3.8, 4) is 22.3 Å². The van der Waals surface area contributed by atoms with Crippen LogP contribution in [0.4, 0.5) is 17.1 Å². The summed E-state index contributed by atoms with van der Waals surface area (Å²) in [6, 6.07) is 48.8. The summed E-state index contributed by atoms with van der Waals surface area (Å²) in [5, 5.41) is 0. The van der Waals surface area contributed by atoms with Gasteiger partial charge in [-0.05, 0) is 129 Å². The fraction of sp³-hybridized carbons (Fsp3) is 0.160. The summed E-state index contributed by atoms with van der Waals surface area (Å²) in [5.74, 6) is 0. The van der Waals surface area contributed by atoms with Crippen molar-refractivity contribution >= 4 is 63.3 Å². The van der Waals surface area contributed by atoms with E-state index in [0.717, 1.165) is 0 Å². The molecule has 53 heavy (non-hydrogen) atoms. The van der Waals surface area contributed by atoms with Gasteiger partial charge in [0.05, 0.1) is 0 Å². The van der Waals surface area contributed by atoms with Gasteiger partial charge in [0, 0.05) is 17.1 Å². The smallest absolute Gasteiger partial charge is 0.247 e. The minimum absolute atomic E-state index is 0.0840. The molecule has 3 heteroatoms. The molecule has 9 rings (SSSR count). The average Bonchev–Trinajstić information content (AvgIpc) is 3.12. The SMILES string of the molecule is Cc1cc(C)c(B2c3ccc(C)cc3N3c4cc(C)ccc4B(c4c(C)cc(C)cc4C)c4cc(-c5cccc(-c6ccccc6)c5)cc2c43)c(C)c1. The Kier molecular flexibility index (Phi) is 7.89. The van der Waals surface area contributed by atoms with Crippen LogP contribution in [0.15, 0.2) is 127 Å². The van der Waals surface area contributed by atoms with Crippen molar-refractivity contribution in [2.75, 3.05) is 4.90 Å². The number of nitrogens with zero attached hydrogens (tertiary/aromatic N) is 1. The fourth-order valence-corrected chi connectivity index (χ4v) is 9.86. The van der Waals surface area contributed by atoms with E-state index in [-0.39, 0.29) is 13.4 Å². The van der Waals surface area contributed by atoms with Crippen molar-refractivity contribution in [3.63, 3.8) is 0 Å². The molecule has 0 spiro atoms. The van der Waals surface area contributed by atoms with Crippen molar-refractivity contribution in [2.45, 2.75) is 55.4 Å². The molecule has 0 unspecified atom stereocenters. The third-order valence-electron chi connectivity index (χ3n) is 11.8. The molecule has 0 radical (unpaired) electrons. The topological polar surface area (TPSA) is 3.24 Å². The second kappa shape index (κ2) is 12.6. The predicted molar refractivity (Wildman–Crippen MR) is 232 cm³/mol. The summed E-state index contributed by atoms with van der Waals surface area (Å²) in [4.78, 5) is 2.63.